The number of carbonyl (C=O) groups is 3. The number of nitrogens with zero attached hydrogens (tertiary/aromatic N) is 4. The summed E-state index contributed by atoms with van der Waals surface area (Å²) in [5.41, 5.74) is -0.390. The van der Waals surface area contributed by atoms with Crippen LogP contribution >= 0.6 is 0 Å². The number of aromatic nitrogens is 3. The number of aryl methyl sites for hydroxylation is 1. The van der Waals surface area contributed by atoms with Gasteiger partial charge in [-0.25, -0.2) is 0 Å². The van der Waals surface area contributed by atoms with E-state index in [1.807, 2.05) is 0 Å². The summed E-state index contributed by atoms with van der Waals surface area (Å²) in [5, 5.41) is 103. The molecule has 0 radical (unpaired) electrons. The van der Waals surface area contributed by atoms with Crippen molar-refractivity contribution < 1.29 is 78.7 Å². The largest absolute Gasteiger partial charge is 0.396 e. The molecular weight excluding hydrogens is 840 g/mol. The van der Waals surface area contributed by atoms with Crippen molar-refractivity contribution in [2.75, 3.05) is 22.1 Å². The summed E-state index contributed by atoms with van der Waals surface area (Å²) in [5.74, 6) is -3.18. The number of benzene rings is 2. The number of hydrogen-bond acceptors (Lipinski definition) is 17. The Hall–Kier alpha value is -4.34. The maximum Gasteiger partial charge on any atom is 0.264 e. The van der Waals surface area contributed by atoms with Crippen LogP contribution in [-0.2, 0) is 53.7 Å². The number of halogens is 1. The van der Waals surface area contributed by atoms with Gasteiger partial charge >= 0.3 is 0 Å². The summed E-state index contributed by atoms with van der Waals surface area (Å²) in [4.78, 5) is 42.9. The molecule has 23 heteroatoms. The van der Waals surface area contributed by atoms with Crippen molar-refractivity contribution in [2.24, 2.45) is 5.92 Å². The van der Waals surface area contributed by atoms with E-state index in [-0.39, 0.29) is 37.5 Å². The van der Waals surface area contributed by atoms with Crippen LogP contribution in [0.5, 0.6) is 0 Å². The van der Waals surface area contributed by atoms with E-state index in [1.165, 1.54) is 42.3 Å². The van der Waals surface area contributed by atoms with Crippen LogP contribution < -0.4 is 15.5 Å². The highest BCUT2D eigenvalue weighted by atomic mass is 28.4. The van der Waals surface area contributed by atoms with Gasteiger partial charge in [-0.1, -0.05) is 24.3 Å². The zero-order valence-corrected chi connectivity index (χ0v) is 34.8. The van der Waals surface area contributed by atoms with Crippen molar-refractivity contribution in [2.45, 2.75) is 125 Å². The summed E-state index contributed by atoms with van der Waals surface area (Å²) < 4.78 is 35.0. The van der Waals surface area contributed by atoms with Crippen LogP contribution in [0.3, 0.4) is 0 Å². The lowest BCUT2D eigenvalue weighted by Gasteiger charge is -2.37. The predicted octanol–water partition coefficient (Wildman–Crippen LogP) is -2.30. The molecule has 1 spiro atoms. The molecule has 2 aromatic carbocycles. The van der Waals surface area contributed by atoms with E-state index in [0.717, 1.165) is 0 Å². The average molecular weight is 891 g/mol. The number of hydrogen-bond donors (Lipinski definition) is 11. The van der Waals surface area contributed by atoms with E-state index < -0.39 is 111 Å². The Morgan fingerprint density at radius 2 is 1.40 bits per heavy atom. The molecule has 3 fully saturated rings. The number of aliphatic hydroxyl groups excluding tert-OH is 9. The zero-order valence-electron chi connectivity index (χ0n) is 33.8. The molecule has 21 nitrogen and oxygen atoms in total. The minimum absolute atomic E-state index is 0.0527. The normalized spacial score (nSPS) is 34.7. The summed E-state index contributed by atoms with van der Waals surface area (Å²) >= 11 is 0. The quantitative estimate of drug-likeness (QED) is 0.0673. The lowest BCUT2D eigenvalue weighted by molar-refractivity contribution is -0.274. The molecule has 3 amide bonds. The van der Waals surface area contributed by atoms with Gasteiger partial charge in [0.25, 0.3) is 17.7 Å². The Labute approximate surface area is 354 Å². The van der Waals surface area contributed by atoms with Crippen molar-refractivity contribution in [3.8, 4) is 0 Å². The number of nitrogens with one attached hydrogen (secondary N) is 2. The van der Waals surface area contributed by atoms with Gasteiger partial charge in [0.05, 0.1) is 24.0 Å². The topological polar surface area (TPSA) is 319 Å². The molecule has 4 aliphatic rings. The Morgan fingerprint density at radius 3 is 1.97 bits per heavy atom. The first-order valence-corrected chi connectivity index (χ1v) is 23.0. The molecule has 11 N–H and O–H groups in total. The number of aliphatic hydroxyl groups is 9. The molecule has 14 atom stereocenters. The molecule has 3 aromatic rings. The van der Waals surface area contributed by atoms with Crippen molar-refractivity contribution >= 4 is 43.2 Å². The maximum absolute atomic E-state index is 16.5. The van der Waals surface area contributed by atoms with Crippen LogP contribution in [0, 0.1) is 5.92 Å². The third-order valence-corrected chi connectivity index (χ3v) is 14.5. The van der Waals surface area contributed by atoms with Crippen LogP contribution in [0.25, 0.3) is 0 Å². The van der Waals surface area contributed by atoms with Crippen LogP contribution in [0.15, 0.2) is 48.7 Å². The number of rotatable bonds is 12. The van der Waals surface area contributed by atoms with Gasteiger partial charge < -0.3 is 79.8 Å². The second-order valence-electron chi connectivity index (χ2n) is 16.6. The molecule has 1 aromatic heterocycles. The van der Waals surface area contributed by atoms with Gasteiger partial charge in [-0.05, 0) is 55.4 Å². The summed E-state index contributed by atoms with van der Waals surface area (Å²) in [6.45, 7) is 4.90. The van der Waals surface area contributed by atoms with E-state index in [9.17, 15) is 55.5 Å². The summed E-state index contributed by atoms with van der Waals surface area (Å²) in [6.07, 6.45) is -17.2. The molecule has 338 valence electrons. The fraction of sp³-hybridized carbons (Fsp3) is 0.564. The van der Waals surface area contributed by atoms with E-state index in [2.05, 4.69) is 20.9 Å². The lowest BCUT2D eigenvalue weighted by atomic mass is 9.82. The molecule has 0 saturated carbocycles. The van der Waals surface area contributed by atoms with Crippen molar-refractivity contribution in [3.63, 3.8) is 0 Å². The second-order valence-corrected chi connectivity index (χ2v) is 20.4. The van der Waals surface area contributed by atoms with Gasteiger partial charge in [-0.15, -0.1) is 5.10 Å². The van der Waals surface area contributed by atoms with Crippen molar-refractivity contribution in [3.05, 3.63) is 65.5 Å². The number of carbonyl (C=O) groups excluding carboxylic acids is 3. The van der Waals surface area contributed by atoms with Gasteiger partial charge in [0, 0.05) is 54.2 Å². The minimum Gasteiger partial charge on any atom is -0.396 e. The minimum atomic E-state index is -3.63. The van der Waals surface area contributed by atoms with Crippen LogP contribution in [0.1, 0.15) is 30.2 Å². The zero-order chi connectivity index (χ0) is 45.0. The summed E-state index contributed by atoms with van der Waals surface area (Å²) in [6, 6.07) is 10.7. The smallest absolute Gasteiger partial charge is 0.264 e. The standard InChI is InChI=1S/C39H51FN6O15Si/c1-17-33(62(2,3)40)24(10-12-45-16-21(11-13-47)43-44-45)61-39(17)22-14-20(42-35(55)32-28(51)26(49)30(53)37(57)60-32)8-9-23(22)46(38(39)58)15-18-4-6-19(7-5-18)41-34(54)31-27(50)25(48)29(52)36(56)59-31/h4-9,14,16-17,24-33,36-37,47-53,56-57H,10-13,15H2,1-3H3,(H,41,54)(H,42,55)/t17-,24+,25-,26-,27-,28-,29+,30+,31-,32-,33-,36+,37+,39+/m0/s1. The Morgan fingerprint density at radius 1 is 0.839 bits per heavy atom. The first-order chi connectivity index (χ1) is 29.3. The fourth-order valence-electron chi connectivity index (χ4n) is 8.95. The Bertz CT molecular complexity index is 2130. The number of amides is 3. The molecule has 0 unspecified atom stereocenters. The Kier molecular flexibility index (Phi) is 13.0. The molecule has 4 aliphatic heterocycles. The number of ether oxygens (including phenoxy) is 3. The third-order valence-electron chi connectivity index (χ3n) is 12.1. The molecule has 3 saturated heterocycles. The molecule has 62 heavy (non-hydrogen) atoms. The SMILES string of the molecule is C[C@H]1[C@H]([Si](C)(C)F)[C@@H](CCn2cc(CCO)nn2)O[C@]12C(=O)N(Cc1ccc(NC(=O)[C@H]3O[C@@H](O)[C@H](O)[C@@H](O)[C@@H]3O)cc1)c1ccc(NC(=O)[C@H]3O[C@@H](O)[C@H](O)[C@@H](O)[C@@H]3O)cc12. The number of fused-ring (bicyclic) bond motifs is 2. The van der Waals surface area contributed by atoms with E-state index in [4.69, 9.17) is 14.2 Å². The van der Waals surface area contributed by atoms with Gasteiger partial charge in [0.1, 0.15) is 36.6 Å². The van der Waals surface area contributed by atoms with Crippen molar-refractivity contribution in [1.82, 2.24) is 15.0 Å². The van der Waals surface area contributed by atoms with Gasteiger partial charge in [0.2, 0.25) is 8.41 Å². The first kappa shape index (κ1) is 45.7. The molecule has 5 heterocycles. The molecule has 0 aliphatic carbocycles. The highest BCUT2D eigenvalue weighted by molar-refractivity contribution is 6.72. The summed E-state index contributed by atoms with van der Waals surface area (Å²) in [7, 11) is -3.63. The highest BCUT2D eigenvalue weighted by Gasteiger charge is 2.66. The monoisotopic (exact) mass is 890 g/mol. The second kappa shape index (κ2) is 17.7. The molecule has 7 rings (SSSR count). The van der Waals surface area contributed by atoms with Gasteiger partial charge in [-0.3, -0.25) is 19.1 Å². The predicted molar refractivity (Wildman–Crippen MR) is 213 cm³/mol. The van der Waals surface area contributed by atoms with E-state index in [1.54, 1.807) is 36.0 Å². The highest BCUT2D eigenvalue weighted by Crippen LogP contribution is 2.60. The van der Waals surface area contributed by atoms with Gasteiger partial charge in [-0.2, -0.15) is 0 Å². The van der Waals surface area contributed by atoms with Crippen molar-refractivity contribution in [1.29, 1.82) is 0 Å². The fourth-order valence-corrected chi connectivity index (χ4v) is 11.5. The van der Waals surface area contributed by atoms with Crippen LogP contribution in [0.4, 0.5) is 21.2 Å². The number of anilines is 3. The maximum atomic E-state index is 16.5. The lowest BCUT2D eigenvalue weighted by Crippen LogP contribution is -2.60. The first-order valence-electron chi connectivity index (χ1n) is 20.1. The average Bonchev–Trinajstić information content (AvgIpc) is 3.88. The van der Waals surface area contributed by atoms with E-state index in [0.29, 0.717) is 28.9 Å². The Balaban J connectivity index is 1.18. The molecule has 0 bridgehead atoms. The molecular formula is C39H51FN6O15Si. The van der Waals surface area contributed by atoms with E-state index >= 15 is 8.90 Å². The van der Waals surface area contributed by atoms with Crippen LogP contribution in [-0.4, -0.2) is 161 Å². The van der Waals surface area contributed by atoms with Crippen LogP contribution in [0.2, 0.25) is 18.6 Å². The third kappa shape index (κ3) is 8.40. The van der Waals surface area contributed by atoms with Gasteiger partial charge in [0.15, 0.2) is 30.4 Å².